The van der Waals surface area contributed by atoms with E-state index in [4.69, 9.17) is 0 Å². The van der Waals surface area contributed by atoms with Crippen molar-refractivity contribution in [3.63, 3.8) is 0 Å². The zero-order chi connectivity index (χ0) is 9.42. The summed E-state index contributed by atoms with van der Waals surface area (Å²) >= 11 is 11.1. The van der Waals surface area contributed by atoms with Gasteiger partial charge < -0.3 is 0 Å². The fraction of sp³-hybridized carbons (Fsp3) is 0.125. The highest BCUT2D eigenvalue weighted by atomic mass is 79.9. The molecule has 2 aromatic heterocycles. The van der Waals surface area contributed by atoms with Crippen LogP contribution in [0.4, 0.5) is 0 Å². The lowest BCUT2D eigenvalue weighted by molar-refractivity contribution is 1.22. The zero-order valence-electron chi connectivity index (χ0n) is 6.74. The van der Waals surface area contributed by atoms with Gasteiger partial charge in [-0.2, -0.15) is 0 Å². The summed E-state index contributed by atoms with van der Waals surface area (Å²) in [7, 11) is 0. The summed E-state index contributed by atoms with van der Waals surface area (Å²) in [6.07, 6.45) is 0. The molecule has 0 spiro atoms. The van der Waals surface area contributed by atoms with E-state index in [1.54, 1.807) is 22.7 Å². The average Bonchev–Trinajstić information content (AvgIpc) is 2.61. The van der Waals surface area contributed by atoms with Crippen LogP contribution in [-0.2, 0) is 0 Å². The fourth-order valence-electron chi connectivity index (χ4n) is 0.919. The Balaban J connectivity index is 2.46. The molecule has 0 aliphatic heterocycles. The molecule has 0 saturated heterocycles. The molecular weight excluding hydrogens is 286 g/mol. The van der Waals surface area contributed by atoms with E-state index in [0.29, 0.717) is 0 Å². The number of hydrogen-bond acceptors (Lipinski definition) is 4. The molecule has 2 heterocycles. The number of thiol groups is 1. The second-order valence-corrected chi connectivity index (χ2v) is 6.11. The second-order valence-electron chi connectivity index (χ2n) is 2.54. The maximum Gasteiger partial charge on any atom is 0.134 e. The maximum atomic E-state index is 4.43. The number of halogens is 1. The van der Waals surface area contributed by atoms with Gasteiger partial charge in [-0.1, -0.05) is 0 Å². The number of rotatable bonds is 1. The summed E-state index contributed by atoms with van der Waals surface area (Å²) in [4.78, 5) is 5.62. The van der Waals surface area contributed by atoms with Crippen molar-refractivity contribution in [2.45, 2.75) is 11.1 Å². The number of hydrogen-bond donors (Lipinski definition) is 1. The normalized spacial score (nSPS) is 10.7. The predicted octanol–water partition coefficient (Wildman–Crippen LogP) is 4.23. The SMILES string of the molecule is Cc1nc(-c2cc(Br)cs2)sc1S. The molecule has 0 saturated carbocycles. The minimum absolute atomic E-state index is 1.000. The molecule has 5 heteroatoms. The van der Waals surface area contributed by atoms with Crippen molar-refractivity contribution in [1.29, 1.82) is 0 Å². The van der Waals surface area contributed by atoms with Crippen LogP contribution in [0.15, 0.2) is 20.1 Å². The molecule has 0 radical (unpaired) electrons. The fourth-order valence-corrected chi connectivity index (χ4v) is 3.53. The molecule has 0 aliphatic rings. The van der Waals surface area contributed by atoms with Crippen molar-refractivity contribution in [3.8, 4) is 9.88 Å². The second kappa shape index (κ2) is 3.73. The predicted molar refractivity (Wildman–Crippen MR) is 65.1 cm³/mol. The minimum Gasteiger partial charge on any atom is -0.239 e. The highest BCUT2D eigenvalue weighted by molar-refractivity contribution is 9.10. The van der Waals surface area contributed by atoms with E-state index in [0.717, 1.165) is 19.4 Å². The summed E-state index contributed by atoms with van der Waals surface area (Å²) in [5.74, 6) is 0. The van der Waals surface area contributed by atoms with Crippen LogP contribution in [0.1, 0.15) is 5.69 Å². The Bertz CT molecular complexity index is 413. The van der Waals surface area contributed by atoms with Gasteiger partial charge in [0.15, 0.2) is 0 Å². The molecule has 0 unspecified atom stereocenters. The van der Waals surface area contributed by atoms with Crippen LogP contribution in [0, 0.1) is 6.92 Å². The van der Waals surface area contributed by atoms with E-state index in [1.165, 1.54) is 4.88 Å². The van der Waals surface area contributed by atoms with Crippen LogP contribution < -0.4 is 0 Å². The van der Waals surface area contributed by atoms with E-state index >= 15 is 0 Å². The first-order valence-corrected chi connectivity index (χ1v) is 6.51. The monoisotopic (exact) mass is 291 g/mol. The molecule has 0 amide bonds. The Kier molecular flexibility index (Phi) is 2.78. The van der Waals surface area contributed by atoms with Crippen molar-refractivity contribution in [1.82, 2.24) is 4.98 Å². The minimum atomic E-state index is 1.000. The number of thiophene rings is 1. The van der Waals surface area contributed by atoms with Crippen LogP contribution in [0.3, 0.4) is 0 Å². The highest BCUT2D eigenvalue weighted by Gasteiger charge is 2.08. The number of aryl methyl sites for hydroxylation is 1. The topological polar surface area (TPSA) is 12.9 Å². The van der Waals surface area contributed by atoms with Gasteiger partial charge in [-0.25, -0.2) is 4.98 Å². The van der Waals surface area contributed by atoms with Gasteiger partial charge in [0, 0.05) is 9.85 Å². The third kappa shape index (κ3) is 1.98. The molecule has 13 heavy (non-hydrogen) atoms. The lowest BCUT2D eigenvalue weighted by Crippen LogP contribution is -1.71. The lowest BCUT2D eigenvalue weighted by atomic mass is 10.5. The van der Waals surface area contributed by atoms with Gasteiger partial charge in [-0.05, 0) is 28.9 Å². The molecule has 0 bridgehead atoms. The molecule has 0 N–H and O–H groups in total. The van der Waals surface area contributed by atoms with Crippen LogP contribution in [0.2, 0.25) is 0 Å². The first-order chi connectivity index (χ1) is 6.16. The van der Waals surface area contributed by atoms with Crippen molar-refractivity contribution in [2.24, 2.45) is 0 Å². The van der Waals surface area contributed by atoms with Gasteiger partial charge in [0.1, 0.15) is 5.01 Å². The first kappa shape index (κ1) is 9.71. The van der Waals surface area contributed by atoms with Crippen LogP contribution in [0.5, 0.6) is 0 Å². The summed E-state index contributed by atoms with van der Waals surface area (Å²) in [6.45, 7) is 1.98. The molecule has 0 aromatic carbocycles. The molecule has 0 atom stereocenters. The molecule has 2 rings (SSSR count). The lowest BCUT2D eigenvalue weighted by Gasteiger charge is -1.84. The third-order valence-electron chi connectivity index (χ3n) is 1.55. The summed E-state index contributed by atoms with van der Waals surface area (Å²) in [5, 5.41) is 3.11. The number of thiazole rings is 1. The molecule has 2 aromatic rings. The number of aromatic nitrogens is 1. The van der Waals surface area contributed by atoms with Crippen molar-refractivity contribution >= 4 is 51.2 Å². The Morgan fingerprint density at radius 3 is 2.77 bits per heavy atom. The van der Waals surface area contributed by atoms with Gasteiger partial charge in [0.2, 0.25) is 0 Å². The van der Waals surface area contributed by atoms with Gasteiger partial charge >= 0.3 is 0 Å². The zero-order valence-corrected chi connectivity index (χ0v) is 10.9. The van der Waals surface area contributed by atoms with Crippen LogP contribution >= 0.6 is 51.2 Å². The molecule has 1 nitrogen and oxygen atoms in total. The molecule has 68 valence electrons. The van der Waals surface area contributed by atoms with Crippen molar-refractivity contribution < 1.29 is 0 Å². The van der Waals surface area contributed by atoms with E-state index in [1.807, 2.05) is 6.92 Å². The summed E-state index contributed by atoms with van der Waals surface area (Å²) < 4.78 is 2.11. The largest absolute Gasteiger partial charge is 0.239 e. The van der Waals surface area contributed by atoms with Crippen molar-refractivity contribution in [3.05, 3.63) is 21.6 Å². The van der Waals surface area contributed by atoms with Crippen molar-refractivity contribution in [2.75, 3.05) is 0 Å². The molecule has 0 fully saturated rings. The third-order valence-corrected chi connectivity index (χ3v) is 4.97. The van der Waals surface area contributed by atoms with Crippen LogP contribution in [0.25, 0.3) is 9.88 Å². The quantitative estimate of drug-likeness (QED) is 0.776. The summed E-state index contributed by atoms with van der Waals surface area (Å²) in [5.41, 5.74) is 1.01. The van der Waals surface area contributed by atoms with Gasteiger partial charge in [-0.3, -0.25) is 0 Å². The van der Waals surface area contributed by atoms with E-state index in [-0.39, 0.29) is 0 Å². The highest BCUT2D eigenvalue weighted by Crippen LogP contribution is 2.35. The van der Waals surface area contributed by atoms with E-state index in [9.17, 15) is 0 Å². The number of nitrogens with zero attached hydrogens (tertiary/aromatic N) is 1. The summed E-state index contributed by atoms with van der Waals surface area (Å²) in [6, 6.07) is 2.08. The Labute approximate surface area is 98.4 Å². The van der Waals surface area contributed by atoms with Gasteiger partial charge in [-0.15, -0.1) is 35.3 Å². The Morgan fingerprint density at radius 1 is 1.54 bits per heavy atom. The maximum absolute atomic E-state index is 4.43. The first-order valence-electron chi connectivity index (χ1n) is 3.57. The molecule has 0 aliphatic carbocycles. The van der Waals surface area contributed by atoms with E-state index < -0.39 is 0 Å². The molecular formula is C8H6BrNS3. The Hall–Kier alpha value is 0.160. The van der Waals surface area contributed by atoms with Gasteiger partial charge in [0.25, 0.3) is 0 Å². The standard InChI is InChI=1S/C8H6BrNS3/c1-4-8(11)13-7(10-4)6-2-5(9)3-12-6/h2-3,11H,1H3. The average molecular weight is 292 g/mol. The van der Waals surface area contributed by atoms with Crippen LogP contribution in [-0.4, -0.2) is 4.98 Å². The van der Waals surface area contributed by atoms with Gasteiger partial charge in [0.05, 0.1) is 14.8 Å². The Morgan fingerprint density at radius 2 is 2.31 bits per heavy atom. The smallest absolute Gasteiger partial charge is 0.134 e. The van der Waals surface area contributed by atoms with E-state index in [2.05, 4.69) is 45.0 Å².